The van der Waals surface area contributed by atoms with E-state index in [9.17, 15) is 14.0 Å². The lowest BCUT2D eigenvalue weighted by molar-refractivity contribution is 0.0950. The molecule has 13 heteroatoms. The highest BCUT2D eigenvalue weighted by Crippen LogP contribution is 2.30. The molecular formula is C25H31FN8O4. The van der Waals surface area contributed by atoms with Crippen LogP contribution < -0.4 is 21.3 Å². The van der Waals surface area contributed by atoms with Gasteiger partial charge in [0, 0.05) is 37.5 Å². The minimum Gasteiger partial charge on any atom is -0.447 e. The van der Waals surface area contributed by atoms with Crippen LogP contribution in [-0.2, 0) is 9.47 Å². The van der Waals surface area contributed by atoms with Crippen LogP contribution in [0.4, 0.5) is 26.4 Å². The topological polar surface area (TPSA) is 144 Å². The van der Waals surface area contributed by atoms with Gasteiger partial charge in [0.15, 0.2) is 17.2 Å². The molecule has 0 unspecified atom stereocenters. The van der Waals surface area contributed by atoms with E-state index in [2.05, 4.69) is 36.3 Å². The van der Waals surface area contributed by atoms with Crippen molar-refractivity contribution in [3.63, 3.8) is 0 Å². The number of carbonyl (C=O) groups excluding carboxylic acids is 2. The SMILES string of the molecule is COCCOC(=O)NC1CCC(Nc2cc(NC3CC3)c3ncc(C(=O)Nc4ccncc4F)n3n2)CC1. The van der Waals surface area contributed by atoms with Crippen molar-refractivity contribution in [1.29, 1.82) is 0 Å². The summed E-state index contributed by atoms with van der Waals surface area (Å²) in [5.74, 6) is -0.568. The minimum absolute atomic E-state index is 0.0264. The molecule has 0 saturated heterocycles. The third-order valence-electron chi connectivity index (χ3n) is 6.58. The number of methoxy groups -OCH3 is 1. The molecule has 4 N–H and O–H groups in total. The number of anilines is 3. The average molecular weight is 527 g/mol. The van der Waals surface area contributed by atoms with Crippen LogP contribution in [0.2, 0.25) is 0 Å². The summed E-state index contributed by atoms with van der Waals surface area (Å²) in [4.78, 5) is 33.1. The standard InChI is InChI=1S/C25H31FN8O4/c1-37-10-11-38-25(36)31-17-6-4-16(5-7-17)30-22-12-20(29-15-2-3-15)23-28-14-21(34(23)33-22)24(35)32-19-8-9-27-13-18(19)26/h8-9,12-17,29H,2-7,10-11H2,1H3,(H,30,33)(H,31,36)(H,27,32,35). The van der Waals surface area contributed by atoms with Crippen molar-refractivity contribution in [3.8, 4) is 0 Å². The first kappa shape index (κ1) is 25.6. The third-order valence-corrected chi connectivity index (χ3v) is 6.58. The maximum absolute atomic E-state index is 14.0. The third kappa shape index (κ3) is 6.28. The van der Waals surface area contributed by atoms with Gasteiger partial charge in [-0.1, -0.05) is 0 Å². The van der Waals surface area contributed by atoms with Crippen molar-refractivity contribution in [2.75, 3.05) is 36.3 Å². The lowest BCUT2D eigenvalue weighted by atomic mass is 9.91. The number of carbonyl (C=O) groups is 2. The Bertz CT molecular complexity index is 1290. The van der Waals surface area contributed by atoms with Crippen LogP contribution in [0.15, 0.2) is 30.7 Å². The highest BCUT2D eigenvalue weighted by molar-refractivity contribution is 6.03. The van der Waals surface area contributed by atoms with Crippen LogP contribution in [0, 0.1) is 5.82 Å². The van der Waals surface area contributed by atoms with E-state index in [0.29, 0.717) is 24.1 Å². The van der Waals surface area contributed by atoms with E-state index < -0.39 is 17.8 Å². The molecule has 2 aliphatic rings. The molecule has 5 rings (SSSR count). The molecule has 2 saturated carbocycles. The molecule has 0 atom stereocenters. The van der Waals surface area contributed by atoms with Crippen molar-refractivity contribution < 1.29 is 23.5 Å². The van der Waals surface area contributed by atoms with Gasteiger partial charge in [0.25, 0.3) is 5.91 Å². The van der Waals surface area contributed by atoms with Gasteiger partial charge in [-0.05, 0) is 44.6 Å². The Morgan fingerprint density at radius 2 is 1.76 bits per heavy atom. The number of pyridine rings is 1. The number of imidazole rings is 1. The van der Waals surface area contributed by atoms with Crippen molar-refractivity contribution in [2.45, 2.75) is 56.7 Å². The summed E-state index contributed by atoms with van der Waals surface area (Å²) in [6, 6.07) is 3.84. The Morgan fingerprint density at radius 3 is 2.50 bits per heavy atom. The predicted molar refractivity (Wildman–Crippen MR) is 138 cm³/mol. The average Bonchev–Trinajstić information content (AvgIpc) is 3.62. The molecule has 0 bridgehead atoms. The van der Waals surface area contributed by atoms with Crippen LogP contribution in [0.25, 0.3) is 5.65 Å². The van der Waals surface area contributed by atoms with Gasteiger partial charge < -0.3 is 30.7 Å². The number of rotatable bonds is 10. The molecule has 0 spiro atoms. The van der Waals surface area contributed by atoms with E-state index in [-0.39, 0.29) is 30.1 Å². The number of hydrogen-bond acceptors (Lipinski definition) is 9. The Balaban J connectivity index is 1.27. The van der Waals surface area contributed by atoms with Gasteiger partial charge in [0.1, 0.15) is 12.4 Å². The molecule has 0 aliphatic heterocycles. The molecule has 12 nitrogen and oxygen atoms in total. The van der Waals surface area contributed by atoms with E-state index in [4.69, 9.17) is 9.47 Å². The van der Waals surface area contributed by atoms with Crippen LogP contribution in [-0.4, -0.2) is 70.0 Å². The molecule has 3 aromatic rings. The summed E-state index contributed by atoms with van der Waals surface area (Å²) in [5, 5.41) is 17.1. The predicted octanol–water partition coefficient (Wildman–Crippen LogP) is 3.19. The maximum Gasteiger partial charge on any atom is 0.407 e. The fraction of sp³-hybridized carbons (Fsp3) is 0.480. The quantitative estimate of drug-likeness (QED) is 0.293. The zero-order valence-electron chi connectivity index (χ0n) is 21.1. The lowest BCUT2D eigenvalue weighted by Gasteiger charge is -2.29. The lowest BCUT2D eigenvalue weighted by Crippen LogP contribution is -2.40. The Labute approximate surface area is 218 Å². The largest absolute Gasteiger partial charge is 0.447 e. The zero-order chi connectivity index (χ0) is 26.5. The summed E-state index contributed by atoms with van der Waals surface area (Å²) >= 11 is 0. The number of halogens is 1. The van der Waals surface area contributed by atoms with Crippen LogP contribution in [0.3, 0.4) is 0 Å². The number of fused-ring (bicyclic) bond motifs is 1. The summed E-state index contributed by atoms with van der Waals surface area (Å²) in [6.07, 6.45) is 8.82. The second-order valence-corrected chi connectivity index (χ2v) is 9.52. The van der Waals surface area contributed by atoms with E-state index in [1.165, 1.54) is 23.0 Å². The van der Waals surface area contributed by atoms with Gasteiger partial charge in [0.05, 0.1) is 30.4 Å². The van der Waals surface area contributed by atoms with Gasteiger partial charge >= 0.3 is 6.09 Å². The normalized spacial score (nSPS) is 19.1. The molecule has 2 amide bonds. The van der Waals surface area contributed by atoms with Crippen molar-refractivity contribution in [1.82, 2.24) is 24.9 Å². The first-order valence-corrected chi connectivity index (χ1v) is 12.7. The van der Waals surface area contributed by atoms with Gasteiger partial charge in [0.2, 0.25) is 0 Å². The highest BCUT2D eigenvalue weighted by Gasteiger charge is 2.26. The first-order chi connectivity index (χ1) is 18.5. The Kier molecular flexibility index (Phi) is 7.82. The van der Waals surface area contributed by atoms with Gasteiger partial charge in [-0.15, -0.1) is 5.10 Å². The van der Waals surface area contributed by atoms with E-state index in [1.54, 1.807) is 7.11 Å². The first-order valence-electron chi connectivity index (χ1n) is 12.7. The van der Waals surface area contributed by atoms with Crippen LogP contribution >= 0.6 is 0 Å². The maximum atomic E-state index is 14.0. The van der Waals surface area contributed by atoms with Crippen LogP contribution in [0.5, 0.6) is 0 Å². The Morgan fingerprint density at radius 1 is 1.03 bits per heavy atom. The molecule has 0 aromatic carbocycles. The molecule has 0 radical (unpaired) electrons. The smallest absolute Gasteiger partial charge is 0.407 e. The van der Waals surface area contributed by atoms with Crippen molar-refractivity contribution in [3.05, 3.63) is 42.2 Å². The Hall–Kier alpha value is -4.00. The fourth-order valence-corrected chi connectivity index (χ4v) is 4.43. The summed E-state index contributed by atoms with van der Waals surface area (Å²) in [6.45, 7) is 0.580. The van der Waals surface area contributed by atoms with Crippen molar-refractivity contribution >= 4 is 34.8 Å². The van der Waals surface area contributed by atoms with Gasteiger partial charge in [-0.25, -0.2) is 18.7 Å². The summed E-state index contributed by atoms with van der Waals surface area (Å²) in [5.41, 5.74) is 1.49. The number of amides is 2. The molecule has 38 heavy (non-hydrogen) atoms. The number of nitrogens with one attached hydrogen (secondary N) is 4. The molecule has 202 valence electrons. The van der Waals surface area contributed by atoms with Crippen molar-refractivity contribution in [2.24, 2.45) is 0 Å². The minimum atomic E-state index is -0.630. The molecule has 3 aromatic heterocycles. The number of aromatic nitrogens is 4. The van der Waals surface area contributed by atoms with Gasteiger partial charge in [-0.3, -0.25) is 9.78 Å². The summed E-state index contributed by atoms with van der Waals surface area (Å²) in [7, 11) is 1.55. The van der Waals surface area contributed by atoms with E-state index in [0.717, 1.165) is 50.4 Å². The molecular weight excluding hydrogens is 495 g/mol. The second-order valence-electron chi connectivity index (χ2n) is 9.52. The highest BCUT2D eigenvalue weighted by atomic mass is 19.1. The molecule has 2 aliphatic carbocycles. The second kappa shape index (κ2) is 11.6. The number of hydrogen-bond donors (Lipinski definition) is 4. The fourth-order valence-electron chi connectivity index (χ4n) is 4.43. The number of alkyl carbamates (subject to hydrolysis) is 1. The van der Waals surface area contributed by atoms with E-state index >= 15 is 0 Å². The monoisotopic (exact) mass is 526 g/mol. The van der Waals surface area contributed by atoms with Crippen LogP contribution in [0.1, 0.15) is 49.0 Å². The van der Waals surface area contributed by atoms with E-state index in [1.807, 2.05) is 6.07 Å². The summed E-state index contributed by atoms with van der Waals surface area (Å²) < 4.78 is 25.5. The van der Waals surface area contributed by atoms with Gasteiger partial charge in [-0.2, -0.15) is 0 Å². The molecule has 2 fully saturated rings. The number of nitrogens with zero attached hydrogens (tertiary/aromatic N) is 4. The molecule has 3 heterocycles. The zero-order valence-corrected chi connectivity index (χ0v) is 21.1. The number of ether oxygens (including phenoxy) is 2.